The second-order valence-corrected chi connectivity index (χ2v) is 11.6. The number of hydrogen-bond donors (Lipinski definition) is 1. The molecule has 3 aromatic rings. The highest BCUT2D eigenvalue weighted by molar-refractivity contribution is 7.92. The number of rotatable bonds is 6. The van der Waals surface area contributed by atoms with Gasteiger partial charge in [0.2, 0.25) is 0 Å². The van der Waals surface area contributed by atoms with Crippen molar-refractivity contribution >= 4 is 21.7 Å². The number of carboxylic acid groups (broad SMARTS) is 1. The van der Waals surface area contributed by atoms with Crippen LogP contribution in [0.1, 0.15) is 24.8 Å². The van der Waals surface area contributed by atoms with Gasteiger partial charge in [-0.1, -0.05) is 12.1 Å². The molecule has 1 heterocycles. The van der Waals surface area contributed by atoms with E-state index in [1.54, 1.807) is 0 Å². The van der Waals surface area contributed by atoms with Crippen LogP contribution >= 0.6 is 0 Å². The van der Waals surface area contributed by atoms with Gasteiger partial charge in [0.25, 0.3) is 10.0 Å². The fraction of sp³-hybridized carbons (Fsp3) is 0.296. The molecule has 12 heteroatoms. The first-order valence-electron chi connectivity index (χ1n) is 12.0. The van der Waals surface area contributed by atoms with Crippen LogP contribution in [0.15, 0.2) is 65.6 Å². The van der Waals surface area contributed by atoms with Gasteiger partial charge in [-0.15, -0.1) is 0 Å². The Morgan fingerprint density at radius 1 is 1.03 bits per heavy atom. The maximum absolute atomic E-state index is 14.5. The molecule has 2 aliphatic rings. The number of halogens is 5. The molecule has 1 saturated carbocycles. The first-order valence-corrected chi connectivity index (χ1v) is 13.5. The topological polar surface area (TPSA) is 83.9 Å². The third-order valence-corrected chi connectivity index (χ3v) is 8.84. The molecule has 0 radical (unpaired) electrons. The van der Waals surface area contributed by atoms with Gasteiger partial charge in [0.1, 0.15) is 23.5 Å². The van der Waals surface area contributed by atoms with E-state index in [0.717, 1.165) is 40.7 Å². The Hall–Kier alpha value is -3.67. The molecule has 1 N–H and O–H groups in total. The predicted octanol–water partition coefficient (Wildman–Crippen LogP) is 6.11. The van der Waals surface area contributed by atoms with Gasteiger partial charge in [-0.05, 0) is 79.3 Å². The van der Waals surface area contributed by atoms with E-state index in [2.05, 4.69) is 0 Å². The summed E-state index contributed by atoms with van der Waals surface area (Å²) in [5.74, 6) is -2.80. The SMILES string of the molecule is O=C(O)C1CC(C[C@H]2CN(S(=O)(=O)c3cccc(C(F)(F)F)c3)c3cc(-c4cc(F)ccc4F)ccc3O2)C1. The Labute approximate surface area is 220 Å². The van der Waals surface area contributed by atoms with Crippen molar-refractivity contribution in [2.75, 3.05) is 10.8 Å². The fourth-order valence-electron chi connectivity index (χ4n) is 5.01. The number of hydrogen-bond acceptors (Lipinski definition) is 4. The fourth-order valence-corrected chi connectivity index (χ4v) is 6.56. The van der Waals surface area contributed by atoms with Crippen LogP contribution in [0.4, 0.5) is 27.6 Å². The number of alkyl halides is 3. The van der Waals surface area contributed by atoms with Crippen LogP contribution in [-0.4, -0.2) is 32.1 Å². The van der Waals surface area contributed by atoms with E-state index in [1.165, 1.54) is 18.2 Å². The molecule has 0 amide bonds. The van der Waals surface area contributed by atoms with Gasteiger partial charge in [0.15, 0.2) is 0 Å². The normalized spacial score (nSPS) is 21.1. The zero-order valence-electron chi connectivity index (χ0n) is 20.2. The lowest BCUT2D eigenvalue weighted by Gasteiger charge is -2.40. The lowest BCUT2D eigenvalue weighted by molar-refractivity contribution is -0.146. The molecular formula is C27H22F5NO5S. The van der Waals surface area contributed by atoms with Crippen LogP contribution in [0.5, 0.6) is 5.75 Å². The van der Waals surface area contributed by atoms with Gasteiger partial charge in [-0.3, -0.25) is 9.10 Å². The molecular weight excluding hydrogens is 545 g/mol. The number of carboxylic acids is 1. The van der Waals surface area contributed by atoms with Crippen LogP contribution in [0.25, 0.3) is 11.1 Å². The second-order valence-electron chi connectivity index (χ2n) is 9.72. The van der Waals surface area contributed by atoms with Gasteiger partial charge >= 0.3 is 12.1 Å². The molecule has 206 valence electrons. The number of aliphatic carboxylic acids is 1. The summed E-state index contributed by atoms with van der Waals surface area (Å²) in [7, 11) is -4.57. The summed E-state index contributed by atoms with van der Waals surface area (Å²) in [6.45, 7) is -0.269. The zero-order valence-corrected chi connectivity index (χ0v) is 21.0. The van der Waals surface area contributed by atoms with Gasteiger partial charge in [-0.2, -0.15) is 13.2 Å². The monoisotopic (exact) mass is 567 g/mol. The summed E-state index contributed by atoms with van der Waals surface area (Å²) in [6.07, 6.45) is -4.35. The Balaban J connectivity index is 1.55. The minimum absolute atomic E-state index is 0.0311. The van der Waals surface area contributed by atoms with Gasteiger partial charge in [0, 0.05) is 5.56 Å². The van der Waals surface area contributed by atoms with E-state index in [4.69, 9.17) is 9.84 Å². The Bertz CT molecular complexity index is 1540. The van der Waals surface area contributed by atoms with Crippen LogP contribution in [0, 0.1) is 23.5 Å². The van der Waals surface area contributed by atoms with Crippen molar-refractivity contribution in [3.63, 3.8) is 0 Å². The number of anilines is 1. The summed E-state index contributed by atoms with van der Waals surface area (Å²) in [6, 6.07) is 10.3. The molecule has 0 aromatic heterocycles. The van der Waals surface area contributed by atoms with Crippen molar-refractivity contribution in [1.29, 1.82) is 0 Å². The van der Waals surface area contributed by atoms with Crippen LogP contribution in [0.2, 0.25) is 0 Å². The van der Waals surface area contributed by atoms with Crippen molar-refractivity contribution in [3.05, 3.63) is 77.9 Å². The summed E-state index contributed by atoms with van der Waals surface area (Å²) in [4.78, 5) is 10.6. The van der Waals surface area contributed by atoms with E-state index < -0.39 is 56.3 Å². The standard InChI is InChI=1S/C27H22F5NO5S/c28-19-5-6-23(29)22(13-19)16-4-7-25-24(11-16)33(14-20(38-25)10-15-8-17(9-15)26(34)35)39(36,37)21-3-1-2-18(12-21)27(30,31)32/h1-7,11-13,15,17,20H,8-10,14H2,(H,34,35)/t15?,17?,20-/m0/s1. The molecule has 1 atom stereocenters. The number of nitrogens with zero attached hydrogens (tertiary/aromatic N) is 1. The first-order chi connectivity index (χ1) is 18.3. The number of fused-ring (bicyclic) bond motifs is 1. The molecule has 1 fully saturated rings. The van der Waals surface area contributed by atoms with Crippen LogP contribution in [0.3, 0.4) is 0 Å². The van der Waals surface area contributed by atoms with E-state index in [1.807, 2.05) is 0 Å². The zero-order chi connectivity index (χ0) is 28.1. The molecule has 39 heavy (non-hydrogen) atoms. The highest BCUT2D eigenvalue weighted by atomic mass is 32.2. The molecule has 6 nitrogen and oxygen atoms in total. The summed E-state index contributed by atoms with van der Waals surface area (Å²) in [5.41, 5.74) is -1.17. The van der Waals surface area contributed by atoms with Crippen molar-refractivity contribution in [3.8, 4) is 16.9 Å². The van der Waals surface area contributed by atoms with Crippen LogP contribution < -0.4 is 9.04 Å². The van der Waals surface area contributed by atoms with E-state index in [9.17, 15) is 35.2 Å². The average molecular weight is 568 g/mol. The maximum atomic E-state index is 14.5. The highest BCUT2D eigenvalue weighted by Crippen LogP contribution is 2.44. The molecule has 5 rings (SSSR count). The predicted molar refractivity (Wildman–Crippen MR) is 131 cm³/mol. The molecule has 1 aliphatic heterocycles. The molecule has 0 saturated heterocycles. The second kappa shape index (κ2) is 9.82. The average Bonchev–Trinajstić information content (AvgIpc) is 2.86. The van der Waals surface area contributed by atoms with Crippen molar-refractivity contribution < 1.29 is 45.0 Å². The quantitative estimate of drug-likeness (QED) is 0.364. The number of sulfonamides is 1. The lowest BCUT2D eigenvalue weighted by Crippen LogP contribution is -2.45. The third-order valence-electron chi connectivity index (χ3n) is 7.06. The van der Waals surface area contributed by atoms with E-state index in [-0.39, 0.29) is 35.0 Å². The lowest BCUT2D eigenvalue weighted by atomic mass is 9.72. The smallest absolute Gasteiger partial charge is 0.416 e. The Kier molecular flexibility index (Phi) is 6.78. The molecule has 1 aliphatic carbocycles. The Morgan fingerprint density at radius 3 is 2.46 bits per heavy atom. The van der Waals surface area contributed by atoms with Crippen molar-refractivity contribution in [1.82, 2.24) is 0 Å². The largest absolute Gasteiger partial charge is 0.486 e. The van der Waals surface area contributed by atoms with Crippen molar-refractivity contribution in [2.45, 2.75) is 36.4 Å². The van der Waals surface area contributed by atoms with Gasteiger partial charge in [-0.25, -0.2) is 17.2 Å². The summed E-state index contributed by atoms with van der Waals surface area (Å²) < 4.78 is 103. The van der Waals surface area contributed by atoms with Gasteiger partial charge < -0.3 is 9.84 Å². The maximum Gasteiger partial charge on any atom is 0.416 e. The highest BCUT2D eigenvalue weighted by Gasteiger charge is 2.41. The van der Waals surface area contributed by atoms with E-state index in [0.29, 0.717) is 25.3 Å². The third kappa shape index (κ3) is 5.29. The minimum atomic E-state index is -4.77. The molecule has 3 aromatic carbocycles. The molecule has 0 unspecified atom stereocenters. The number of carbonyl (C=O) groups is 1. The molecule has 0 bridgehead atoms. The van der Waals surface area contributed by atoms with Crippen molar-refractivity contribution in [2.24, 2.45) is 11.8 Å². The number of benzene rings is 3. The first kappa shape index (κ1) is 26.9. The van der Waals surface area contributed by atoms with E-state index >= 15 is 0 Å². The molecule has 0 spiro atoms. The summed E-state index contributed by atoms with van der Waals surface area (Å²) in [5, 5.41) is 9.15. The van der Waals surface area contributed by atoms with Gasteiger partial charge in [0.05, 0.1) is 28.6 Å². The summed E-state index contributed by atoms with van der Waals surface area (Å²) >= 11 is 0. The number of ether oxygens (including phenoxy) is 1. The Morgan fingerprint density at radius 2 is 1.77 bits per heavy atom. The van der Waals surface area contributed by atoms with Crippen LogP contribution in [-0.2, 0) is 21.0 Å². The minimum Gasteiger partial charge on any atom is -0.486 e.